The number of amidine groups is 2. The lowest BCUT2D eigenvalue weighted by molar-refractivity contribution is 0.668. The molecule has 53 heavy (non-hydrogen) atoms. The first-order valence-electron chi connectivity index (χ1n) is 17.6. The minimum absolute atomic E-state index is 0.459. The Bertz CT molecular complexity index is 3110. The number of aliphatic imine (C=N–C) groups is 3. The van der Waals surface area contributed by atoms with Crippen molar-refractivity contribution in [1.29, 1.82) is 0 Å². The van der Waals surface area contributed by atoms with Gasteiger partial charge in [-0.1, -0.05) is 140 Å². The Labute approximate surface area is 304 Å². The summed E-state index contributed by atoms with van der Waals surface area (Å²) in [6.07, 6.45) is 0. The van der Waals surface area contributed by atoms with Crippen LogP contribution in [0, 0.1) is 0 Å². The van der Waals surface area contributed by atoms with Gasteiger partial charge in [-0.2, -0.15) is 0 Å². The van der Waals surface area contributed by atoms with Gasteiger partial charge in [-0.05, 0) is 63.7 Å². The van der Waals surface area contributed by atoms with E-state index in [0.29, 0.717) is 18.2 Å². The zero-order chi connectivity index (χ0) is 35.3. The van der Waals surface area contributed by atoms with Crippen LogP contribution in [0.1, 0.15) is 16.7 Å². The Morgan fingerprint density at radius 3 is 2.06 bits per heavy atom. The quantitative estimate of drug-likeness (QED) is 0.103. The molecule has 0 aliphatic rings. The van der Waals surface area contributed by atoms with Gasteiger partial charge in [-0.25, -0.2) is 9.98 Å². The van der Waals surface area contributed by atoms with E-state index in [0.717, 1.165) is 77.1 Å². The molecule has 0 fully saturated rings. The molecule has 0 amide bonds. The molecule has 8 aromatic carbocycles. The molecule has 2 heterocycles. The molecule has 0 aliphatic carbocycles. The average Bonchev–Trinajstić information content (AvgIpc) is 3.80. The van der Waals surface area contributed by atoms with Gasteiger partial charge < -0.3 is 8.83 Å². The van der Waals surface area contributed by atoms with E-state index in [9.17, 15) is 0 Å². The largest absolute Gasteiger partial charge is 0.456 e. The molecule has 0 saturated carbocycles. The van der Waals surface area contributed by atoms with Crippen LogP contribution in [0.5, 0.6) is 0 Å². The molecule has 5 heteroatoms. The number of nitrogens with zero attached hydrogens (tertiary/aromatic N) is 3. The second-order valence-corrected chi connectivity index (χ2v) is 13.2. The summed E-state index contributed by atoms with van der Waals surface area (Å²) in [7, 11) is 0. The van der Waals surface area contributed by atoms with Gasteiger partial charge in [0, 0.05) is 38.2 Å². The van der Waals surface area contributed by atoms with Gasteiger partial charge in [-0.3, -0.25) is 4.99 Å². The van der Waals surface area contributed by atoms with Crippen molar-refractivity contribution in [3.8, 4) is 11.1 Å². The second kappa shape index (κ2) is 12.6. The van der Waals surface area contributed by atoms with Gasteiger partial charge in [0.1, 0.15) is 22.3 Å². The van der Waals surface area contributed by atoms with Crippen molar-refractivity contribution in [3.63, 3.8) is 0 Å². The maximum atomic E-state index is 6.52. The monoisotopic (exact) mass is 681 g/mol. The van der Waals surface area contributed by atoms with E-state index < -0.39 is 0 Å². The molecule has 0 aliphatic heterocycles. The van der Waals surface area contributed by atoms with Crippen molar-refractivity contribution in [3.05, 3.63) is 180 Å². The first-order chi connectivity index (χ1) is 26.2. The summed E-state index contributed by atoms with van der Waals surface area (Å²) >= 11 is 0. The Kier molecular flexibility index (Phi) is 7.29. The van der Waals surface area contributed by atoms with E-state index in [1.165, 1.54) is 16.2 Å². The Morgan fingerprint density at radius 1 is 0.491 bits per heavy atom. The fourth-order valence-corrected chi connectivity index (χ4v) is 7.61. The topological polar surface area (TPSA) is 63.4 Å². The number of rotatable bonds is 5. The number of fused-ring (bicyclic) bond motifs is 9. The average molecular weight is 682 g/mol. The third kappa shape index (κ3) is 5.21. The molecule has 10 aromatic rings. The van der Waals surface area contributed by atoms with Crippen LogP contribution in [0.25, 0.3) is 76.5 Å². The van der Waals surface area contributed by atoms with Crippen LogP contribution >= 0.6 is 0 Å². The van der Waals surface area contributed by atoms with E-state index in [2.05, 4.69) is 109 Å². The summed E-state index contributed by atoms with van der Waals surface area (Å²) in [5.74, 6) is 1.03. The molecule has 0 unspecified atom stereocenters. The molecule has 0 bridgehead atoms. The Morgan fingerprint density at radius 2 is 1.17 bits per heavy atom. The lowest BCUT2D eigenvalue weighted by atomic mass is 9.95. The molecular formula is C48H31N3O2. The molecule has 10 rings (SSSR count). The summed E-state index contributed by atoms with van der Waals surface area (Å²) in [5, 5.41) is 8.74. The molecule has 0 radical (unpaired) electrons. The minimum atomic E-state index is 0.459. The highest BCUT2D eigenvalue weighted by molar-refractivity contribution is 6.25. The van der Waals surface area contributed by atoms with Gasteiger partial charge in [0.05, 0.1) is 6.54 Å². The van der Waals surface area contributed by atoms with Crippen LogP contribution < -0.4 is 0 Å². The SMILES string of the molecule is C=NC(=NC(=NCc1ccccc1)c1ccc2c(ccc3ccccc32)c1)c1cccc2oc3cccc(-c4cccc5c4oc4ccccc45)c3c12. The fourth-order valence-electron chi connectivity index (χ4n) is 7.61. The summed E-state index contributed by atoms with van der Waals surface area (Å²) in [4.78, 5) is 14.9. The van der Waals surface area contributed by atoms with Crippen LogP contribution in [0.2, 0.25) is 0 Å². The maximum absolute atomic E-state index is 6.52. The van der Waals surface area contributed by atoms with Crippen molar-refractivity contribution in [2.75, 3.05) is 0 Å². The number of benzene rings is 8. The first kappa shape index (κ1) is 30.7. The van der Waals surface area contributed by atoms with Crippen LogP contribution in [-0.4, -0.2) is 18.4 Å². The van der Waals surface area contributed by atoms with Crippen molar-refractivity contribution in [2.24, 2.45) is 15.0 Å². The second-order valence-electron chi connectivity index (χ2n) is 13.2. The smallest absolute Gasteiger partial charge is 0.161 e. The summed E-state index contributed by atoms with van der Waals surface area (Å²) in [6, 6.07) is 56.0. The third-order valence-corrected chi connectivity index (χ3v) is 10.1. The molecule has 250 valence electrons. The number of furan rings is 2. The highest BCUT2D eigenvalue weighted by Crippen LogP contribution is 2.42. The predicted octanol–water partition coefficient (Wildman–Crippen LogP) is 12.6. The summed E-state index contributed by atoms with van der Waals surface area (Å²) < 4.78 is 13.0. The molecule has 5 nitrogen and oxygen atoms in total. The minimum Gasteiger partial charge on any atom is -0.456 e. The molecule has 2 aromatic heterocycles. The van der Waals surface area contributed by atoms with Gasteiger partial charge in [0.25, 0.3) is 0 Å². The van der Waals surface area contributed by atoms with E-state index in [1.807, 2.05) is 66.7 Å². The van der Waals surface area contributed by atoms with Crippen molar-refractivity contribution in [2.45, 2.75) is 6.54 Å². The molecule has 0 N–H and O–H groups in total. The van der Waals surface area contributed by atoms with Crippen LogP contribution in [0.3, 0.4) is 0 Å². The number of hydrogen-bond donors (Lipinski definition) is 0. The summed E-state index contributed by atoms with van der Waals surface area (Å²) in [5.41, 5.74) is 7.97. The van der Waals surface area contributed by atoms with Gasteiger partial charge >= 0.3 is 0 Å². The standard InChI is InChI=1S/C48H31N3O2/c1-49-48(51-47(50-29-30-12-3-2-4-13-30)33-26-27-35-32(28-33)25-24-31-14-5-6-15-34(31)35)40-20-11-23-43-45(40)44-37(17-10-22-42(44)52-43)39-19-9-18-38-36-16-7-8-21-41(36)53-46(38)39/h2-28H,1,29H2. The van der Waals surface area contributed by atoms with Crippen molar-refractivity contribution < 1.29 is 8.83 Å². The number of para-hydroxylation sites is 2. The Balaban J connectivity index is 1.18. The first-order valence-corrected chi connectivity index (χ1v) is 17.6. The molecule has 0 saturated heterocycles. The van der Waals surface area contributed by atoms with Gasteiger partial charge in [0.15, 0.2) is 11.7 Å². The van der Waals surface area contributed by atoms with E-state index in [1.54, 1.807) is 0 Å². The normalized spacial score (nSPS) is 12.5. The summed E-state index contributed by atoms with van der Waals surface area (Å²) in [6.45, 7) is 4.48. The van der Waals surface area contributed by atoms with Crippen molar-refractivity contribution >= 4 is 83.8 Å². The van der Waals surface area contributed by atoms with Crippen LogP contribution in [0.4, 0.5) is 0 Å². The van der Waals surface area contributed by atoms with Crippen molar-refractivity contribution in [1.82, 2.24) is 0 Å². The number of hydrogen-bond acceptors (Lipinski definition) is 3. The third-order valence-electron chi connectivity index (χ3n) is 10.1. The zero-order valence-corrected chi connectivity index (χ0v) is 28.7. The van der Waals surface area contributed by atoms with E-state index in [4.69, 9.17) is 18.8 Å². The highest BCUT2D eigenvalue weighted by Gasteiger charge is 2.21. The van der Waals surface area contributed by atoms with E-state index in [-0.39, 0.29) is 0 Å². The van der Waals surface area contributed by atoms with Crippen LogP contribution in [-0.2, 0) is 6.54 Å². The molecular weight excluding hydrogens is 651 g/mol. The maximum Gasteiger partial charge on any atom is 0.161 e. The molecule has 0 spiro atoms. The van der Waals surface area contributed by atoms with Gasteiger partial charge in [-0.15, -0.1) is 0 Å². The predicted molar refractivity (Wildman–Crippen MR) is 221 cm³/mol. The Hall–Kier alpha value is -7.11. The highest BCUT2D eigenvalue weighted by atomic mass is 16.3. The lowest BCUT2D eigenvalue weighted by Gasteiger charge is -2.10. The van der Waals surface area contributed by atoms with E-state index >= 15 is 0 Å². The fraction of sp³-hybridized carbons (Fsp3) is 0.0208. The van der Waals surface area contributed by atoms with Crippen LogP contribution in [0.15, 0.2) is 188 Å². The molecule has 0 atom stereocenters. The van der Waals surface area contributed by atoms with Gasteiger partial charge in [0.2, 0.25) is 0 Å². The zero-order valence-electron chi connectivity index (χ0n) is 28.7. The lowest BCUT2D eigenvalue weighted by Crippen LogP contribution is -2.06.